The number of anilines is 1. The van der Waals surface area contributed by atoms with Crippen molar-refractivity contribution in [3.05, 3.63) is 65.2 Å². The first-order valence-electron chi connectivity index (χ1n) is 10.5. The topological polar surface area (TPSA) is 41.1 Å². The smallest absolute Gasteiger partial charge is 0.251 e. The summed E-state index contributed by atoms with van der Waals surface area (Å²) in [7, 11) is 0. The van der Waals surface area contributed by atoms with Gasteiger partial charge in [0.05, 0.1) is 6.04 Å². The molecule has 0 spiro atoms. The highest BCUT2D eigenvalue weighted by Crippen LogP contribution is 2.63. The van der Waals surface area contributed by atoms with Gasteiger partial charge in [-0.1, -0.05) is 30.3 Å². The Morgan fingerprint density at radius 3 is 2.59 bits per heavy atom. The van der Waals surface area contributed by atoms with Crippen molar-refractivity contribution >= 4 is 11.6 Å². The van der Waals surface area contributed by atoms with Crippen molar-refractivity contribution in [2.45, 2.75) is 50.1 Å². The van der Waals surface area contributed by atoms with Crippen LogP contribution in [-0.4, -0.2) is 11.9 Å². The lowest BCUT2D eigenvalue weighted by Gasteiger charge is -2.43. The van der Waals surface area contributed by atoms with Crippen molar-refractivity contribution in [2.75, 3.05) is 5.32 Å². The van der Waals surface area contributed by atoms with E-state index in [1.165, 1.54) is 36.1 Å². The second-order valence-corrected chi connectivity index (χ2v) is 9.02. The quantitative estimate of drug-likeness (QED) is 0.821. The van der Waals surface area contributed by atoms with E-state index in [9.17, 15) is 4.79 Å². The molecule has 0 unspecified atom stereocenters. The molecule has 3 nitrogen and oxygen atoms in total. The highest BCUT2D eigenvalue weighted by atomic mass is 16.1. The summed E-state index contributed by atoms with van der Waals surface area (Å²) in [5, 5.41) is 7.00. The molecule has 0 saturated heterocycles. The average molecular weight is 358 g/mol. The molecule has 6 rings (SSSR count). The van der Waals surface area contributed by atoms with Crippen LogP contribution in [0.25, 0.3) is 0 Å². The van der Waals surface area contributed by atoms with Crippen LogP contribution in [0.1, 0.15) is 65.5 Å². The molecular formula is C24H26N2O. The minimum Gasteiger partial charge on any atom is -0.378 e. The summed E-state index contributed by atoms with van der Waals surface area (Å²) in [4.78, 5) is 12.6. The van der Waals surface area contributed by atoms with Crippen LogP contribution < -0.4 is 10.6 Å². The van der Waals surface area contributed by atoms with Crippen molar-refractivity contribution in [1.82, 2.24) is 5.32 Å². The van der Waals surface area contributed by atoms with Gasteiger partial charge in [-0.15, -0.1) is 0 Å². The van der Waals surface area contributed by atoms with Crippen LogP contribution in [0.2, 0.25) is 0 Å². The molecule has 2 aromatic rings. The standard InChI is InChI=1S/C24H26N2O/c27-24(25-18-9-10-18)17-8-11-20-19(13-17)21-15-6-7-16(12-15)22(21)23(26-20)14-4-2-1-3-5-14/h1-5,8,11,13,15-16,18,21-23,26H,6-7,9-10,12H2,(H,25,27)/t15-,16-,21-,22+,23+/m0/s1. The van der Waals surface area contributed by atoms with Gasteiger partial charge in [-0.25, -0.2) is 0 Å². The van der Waals surface area contributed by atoms with Gasteiger partial charge in [-0.2, -0.15) is 0 Å². The molecule has 2 bridgehead atoms. The summed E-state index contributed by atoms with van der Waals surface area (Å²) in [6.07, 6.45) is 6.34. The largest absolute Gasteiger partial charge is 0.378 e. The normalized spacial score (nSPS) is 33.1. The molecule has 5 atom stereocenters. The van der Waals surface area contributed by atoms with Crippen LogP contribution in [0.15, 0.2) is 48.5 Å². The molecule has 0 radical (unpaired) electrons. The van der Waals surface area contributed by atoms with Gasteiger partial charge in [-0.05, 0) is 85.1 Å². The van der Waals surface area contributed by atoms with E-state index in [4.69, 9.17) is 0 Å². The number of carbonyl (C=O) groups is 1. The summed E-state index contributed by atoms with van der Waals surface area (Å²) < 4.78 is 0. The van der Waals surface area contributed by atoms with E-state index >= 15 is 0 Å². The summed E-state index contributed by atoms with van der Waals surface area (Å²) >= 11 is 0. The summed E-state index contributed by atoms with van der Waals surface area (Å²) in [6.45, 7) is 0. The van der Waals surface area contributed by atoms with Crippen molar-refractivity contribution < 1.29 is 4.79 Å². The summed E-state index contributed by atoms with van der Waals surface area (Å²) in [5.41, 5.74) is 4.87. The average Bonchev–Trinajstić information content (AvgIpc) is 3.28. The maximum Gasteiger partial charge on any atom is 0.251 e. The molecule has 2 N–H and O–H groups in total. The monoisotopic (exact) mass is 358 g/mol. The van der Waals surface area contributed by atoms with E-state index < -0.39 is 0 Å². The van der Waals surface area contributed by atoms with Gasteiger partial charge in [0.15, 0.2) is 0 Å². The van der Waals surface area contributed by atoms with Gasteiger partial charge in [0.1, 0.15) is 0 Å². The van der Waals surface area contributed by atoms with Gasteiger partial charge in [0.2, 0.25) is 0 Å². The maximum atomic E-state index is 12.6. The lowest BCUT2D eigenvalue weighted by atomic mass is 9.68. The predicted molar refractivity (Wildman–Crippen MR) is 107 cm³/mol. The fourth-order valence-electron chi connectivity index (χ4n) is 6.11. The number of nitrogens with one attached hydrogen (secondary N) is 2. The molecular weight excluding hydrogens is 332 g/mol. The predicted octanol–water partition coefficient (Wildman–Crippen LogP) is 4.88. The van der Waals surface area contributed by atoms with E-state index in [1.54, 1.807) is 0 Å². The number of fused-ring (bicyclic) bond motifs is 7. The van der Waals surface area contributed by atoms with Gasteiger partial charge >= 0.3 is 0 Å². The van der Waals surface area contributed by atoms with Gasteiger partial charge in [-0.3, -0.25) is 4.79 Å². The van der Waals surface area contributed by atoms with E-state index in [-0.39, 0.29) is 5.91 Å². The highest BCUT2D eigenvalue weighted by Gasteiger charge is 2.53. The van der Waals surface area contributed by atoms with Crippen LogP contribution in [0.4, 0.5) is 5.69 Å². The molecule has 3 heteroatoms. The van der Waals surface area contributed by atoms with Crippen LogP contribution in [-0.2, 0) is 0 Å². The minimum absolute atomic E-state index is 0.102. The van der Waals surface area contributed by atoms with Gasteiger partial charge in [0.25, 0.3) is 5.91 Å². The van der Waals surface area contributed by atoms with Gasteiger partial charge in [0, 0.05) is 17.3 Å². The third-order valence-corrected chi connectivity index (χ3v) is 7.42. The van der Waals surface area contributed by atoms with E-state index in [0.29, 0.717) is 23.9 Å². The third kappa shape index (κ3) is 2.51. The lowest BCUT2D eigenvalue weighted by molar-refractivity contribution is 0.0951. The number of benzene rings is 2. The molecule has 138 valence electrons. The number of rotatable bonds is 3. The van der Waals surface area contributed by atoms with Crippen LogP contribution in [0.3, 0.4) is 0 Å². The molecule has 1 amide bonds. The highest BCUT2D eigenvalue weighted by molar-refractivity contribution is 5.95. The fraction of sp³-hybridized carbons (Fsp3) is 0.458. The zero-order valence-electron chi connectivity index (χ0n) is 15.5. The molecule has 4 aliphatic rings. The summed E-state index contributed by atoms with van der Waals surface area (Å²) in [6, 6.07) is 18.1. The number of amides is 1. The molecule has 1 aliphatic heterocycles. The zero-order chi connectivity index (χ0) is 18.0. The Kier molecular flexibility index (Phi) is 3.41. The molecule has 3 fully saturated rings. The third-order valence-electron chi connectivity index (χ3n) is 7.42. The van der Waals surface area contributed by atoms with E-state index in [0.717, 1.165) is 30.2 Å². The Morgan fingerprint density at radius 2 is 1.78 bits per heavy atom. The minimum atomic E-state index is 0.102. The van der Waals surface area contributed by atoms with Crippen molar-refractivity contribution in [3.63, 3.8) is 0 Å². The Morgan fingerprint density at radius 1 is 0.963 bits per heavy atom. The van der Waals surface area contributed by atoms with E-state index in [1.807, 2.05) is 6.07 Å². The first-order valence-corrected chi connectivity index (χ1v) is 10.5. The first kappa shape index (κ1) is 15.7. The second kappa shape index (κ2) is 5.85. The molecule has 27 heavy (non-hydrogen) atoms. The van der Waals surface area contributed by atoms with Crippen molar-refractivity contribution in [2.24, 2.45) is 17.8 Å². The Labute approximate surface area is 160 Å². The molecule has 3 saturated carbocycles. The molecule has 1 heterocycles. The first-order chi connectivity index (χ1) is 13.3. The Bertz CT molecular complexity index is 889. The van der Waals surface area contributed by atoms with Crippen LogP contribution in [0, 0.1) is 17.8 Å². The second-order valence-electron chi connectivity index (χ2n) is 9.02. The SMILES string of the molecule is O=C(NC1CC1)c1ccc2c(c1)[C@@H]1[C@H]3CC[C@@H](C3)[C@H]1[C@@H](c1ccccc1)N2. The molecule has 0 aromatic heterocycles. The summed E-state index contributed by atoms with van der Waals surface area (Å²) in [5.74, 6) is 2.95. The van der Waals surface area contributed by atoms with Crippen LogP contribution in [0.5, 0.6) is 0 Å². The van der Waals surface area contributed by atoms with E-state index in [2.05, 4.69) is 53.1 Å². The Balaban J connectivity index is 1.40. The molecule has 2 aromatic carbocycles. The fourth-order valence-corrected chi connectivity index (χ4v) is 6.11. The number of carbonyl (C=O) groups excluding carboxylic acids is 1. The Hall–Kier alpha value is -2.29. The van der Waals surface area contributed by atoms with Gasteiger partial charge < -0.3 is 10.6 Å². The number of hydrogen-bond acceptors (Lipinski definition) is 2. The maximum absolute atomic E-state index is 12.6. The van der Waals surface area contributed by atoms with Crippen LogP contribution >= 0.6 is 0 Å². The lowest BCUT2D eigenvalue weighted by Crippen LogP contribution is -2.35. The van der Waals surface area contributed by atoms with Crippen molar-refractivity contribution in [1.29, 1.82) is 0 Å². The number of hydrogen-bond donors (Lipinski definition) is 2. The zero-order valence-corrected chi connectivity index (χ0v) is 15.5. The molecule has 3 aliphatic carbocycles. The van der Waals surface area contributed by atoms with Crippen molar-refractivity contribution in [3.8, 4) is 0 Å².